The molecule has 0 aliphatic heterocycles. The van der Waals surface area contributed by atoms with Crippen molar-refractivity contribution in [3.63, 3.8) is 0 Å². The lowest BCUT2D eigenvalue weighted by Crippen LogP contribution is -2.04. The Morgan fingerprint density at radius 3 is 2.68 bits per heavy atom. The minimum Gasteiger partial charge on any atom is -0.490 e. The van der Waals surface area contributed by atoms with Gasteiger partial charge >= 0.3 is 0 Å². The summed E-state index contributed by atoms with van der Waals surface area (Å²) in [6.07, 6.45) is 1.79. The number of benzene rings is 2. The highest BCUT2D eigenvalue weighted by molar-refractivity contribution is 9.10. The lowest BCUT2D eigenvalue weighted by atomic mass is 10.2. The molecule has 2 aromatic carbocycles. The Kier molecular flexibility index (Phi) is 6.30. The van der Waals surface area contributed by atoms with E-state index in [1.165, 1.54) is 0 Å². The van der Waals surface area contributed by atoms with Crippen molar-refractivity contribution in [2.45, 2.75) is 20.1 Å². The van der Waals surface area contributed by atoms with E-state index in [4.69, 9.17) is 9.47 Å². The van der Waals surface area contributed by atoms with Gasteiger partial charge in [-0.2, -0.15) is 0 Å². The van der Waals surface area contributed by atoms with Crippen LogP contribution in [0.5, 0.6) is 11.5 Å². The molecule has 0 saturated carbocycles. The van der Waals surface area contributed by atoms with Crippen molar-refractivity contribution in [1.29, 1.82) is 0 Å². The number of hydrogen-bond acceptors (Lipinski definition) is 5. The summed E-state index contributed by atoms with van der Waals surface area (Å²) in [7, 11) is 0. The van der Waals surface area contributed by atoms with E-state index in [1.807, 2.05) is 54.8 Å². The van der Waals surface area contributed by atoms with Crippen LogP contribution >= 0.6 is 27.3 Å². The molecule has 0 unspecified atom stereocenters. The Morgan fingerprint density at radius 2 is 1.96 bits per heavy atom. The van der Waals surface area contributed by atoms with Crippen LogP contribution in [0.25, 0.3) is 0 Å². The van der Waals surface area contributed by atoms with Crippen LogP contribution in [0.3, 0.4) is 0 Å². The average molecular weight is 419 g/mol. The number of nitrogens with zero attached hydrogens (tertiary/aromatic N) is 1. The normalized spacial score (nSPS) is 10.5. The van der Waals surface area contributed by atoms with Crippen LogP contribution in [0.1, 0.15) is 18.1 Å². The second-order valence-corrected chi connectivity index (χ2v) is 7.05. The molecule has 0 amide bonds. The maximum absolute atomic E-state index is 6.01. The first-order chi connectivity index (χ1) is 12.3. The van der Waals surface area contributed by atoms with Crippen LogP contribution in [0.4, 0.5) is 5.13 Å². The summed E-state index contributed by atoms with van der Waals surface area (Å²) in [6.45, 7) is 3.72. The summed E-state index contributed by atoms with van der Waals surface area (Å²) < 4.78 is 12.7. The molecule has 3 rings (SSSR count). The molecule has 1 aromatic heterocycles. The molecule has 3 aromatic rings. The van der Waals surface area contributed by atoms with Gasteiger partial charge in [0.25, 0.3) is 0 Å². The summed E-state index contributed by atoms with van der Waals surface area (Å²) in [4.78, 5) is 4.23. The Balaban J connectivity index is 1.74. The van der Waals surface area contributed by atoms with Crippen molar-refractivity contribution in [2.75, 3.05) is 11.9 Å². The molecule has 1 N–H and O–H groups in total. The van der Waals surface area contributed by atoms with E-state index in [2.05, 4.69) is 26.2 Å². The molecule has 0 atom stereocenters. The fourth-order valence-corrected chi connectivity index (χ4v) is 3.48. The molecule has 0 spiro atoms. The van der Waals surface area contributed by atoms with E-state index in [9.17, 15) is 0 Å². The van der Waals surface area contributed by atoms with Gasteiger partial charge in [0.2, 0.25) is 0 Å². The molecule has 0 aliphatic rings. The number of hydrogen-bond donors (Lipinski definition) is 1. The number of thiazole rings is 1. The summed E-state index contributed by atoms with van der Waals surface area (Å²) >= 11 is 5.19. The van der Waals surface area contributed by atoms with Crippen molar-refractivity contribution in [3.05, 3.63) is 69.6 Å². The molecule has 0 aliphatic carbocycles. The molecular formula is C19H19BrN2O2S. The zero-order valence-electron chi connectivity index (χ0n) is 13.9. The van der Waals surface area contributed by atoms with Crippen LogP contribution in [-0.2, 0) is 13.2 Å². The first kappa shape index (κ1) is 17.8. The van der Waals surface area contributed by atoms with Crippen molar-refractivity contribution in [2.24, 2.45) is 0 Å². The molecular weight excluding hydrogens is 400 g/mol. The zero-order valence-corrected chi connectivity index (χ0v) is 16.3. The van der Waals surface area contributed by atoms with Crippen LogP contribution in [-0.4, -0.2) is 11.6 Å². The molecule has 0 bridgehead atoms. The highest BCUT2D eigenvalue weighted by atomic mass is 79.9. The van der Waals surface area contributed by atoms with Crippen LogP contribution in [0.2, 0.25) is 0 Å². The minimum atomic E-state index is 0.496. The van der Waals surface area contributed by atoms with Gasteiger partial charge in [0.15, 0.2) is 16.6 Å². The summed E-state index contributed by atoms with van der Waals surface area (Å²) in [5.74, 6) is 1.47. The topological polar surface area (TPSA) is 43.4 Å². The second-order valence-electron chi connectivity index (χ2n) is 5.30. The third kappa shape index (κ3) is 4.96. The van der Waals surface area contributed by atoms with E-state index >= 15 is 0 Å². The van der Waals surface area contributed by atoms with Gasteiger partial charge in [-0.25, -0.2) is 4.98 Å². The summed E-state index contributed by atoms with van der Waals surface area (Å²) in [6, 6.07) is 14.1. The quantitative estimate of drug-likeness (QED) is 0.524. The lowest BCUT2D eigenvalue weighted by molar-refractivity contribution is 0.267. The van der Waals surface area contributed by atoms with Crippen molar-refractivity contribution in [3.8, 4) is 11.5 Å². The van der Waals surface area contributed by atoms with Gasteiger partial charge in [0.05, 0.1) is 11.1 Å². The Morgan fingerprint density at radius 1 is 1.12 bits per heavy atom. The number of nitrogens with one attached hydrogen (secondary N) is 1. The predicted octanol–water partition coefficient (Wildman–Crippen LogP) is 5.50. The second kappa shape index (κ2) is 8.87. The summed E-state index contributed by atoms with van der Waals surface area (Å²) in [5, 5.41) is 6.16. The SMILES string of the molecule is CCOc1cc(CNc2nccs2)cc(Br)c1OCc1ccccc1. The van der Waals surface area contributed by atoms with Crippen molar-refractivity contribution >= 4 is 32.4 Å². The molecule has 0 radical (unpaired) electrons. The van der Waals surface area contributed by atoms with Gasteiger partial charge in [-0.15, -0.1) is 11.3 Å². The Hall–Kier alpha value is -2.05. The third-order valence-electron chi connectivity index (χ3n) is 3.47. The smallest absolute Gasteiger partial charge is 0.182 e. The standard InChI is InChI=1S/C19H19BrN2O2S/c1-2-23-17-11-15(12-22-19-21-8-9-25-19)10-16(20)18(17)24-13-14-6-4-3-5-7-14/h3-11H,2,12-13H2,1H3,(H,21,22). The number of rotatable bonds is 8. The van der Waals surface area contributed by atoms with Gasteiger partial charge in [-0.1, -0.05) is 30.3 Å². The Bertz CT molecular complexity index is 795. The van der Waals surface area contributed by atoms with Crippen LogP contribution in [0, 0.1) is 0 Å². The van der Waals surface area contributed by atoms with Gasteiger partial charge in [0.1, 0.15) is 6.61 Å². The van der Waals surface area contributed by atoms with E-state index < -0.39 is 0 Å². The Labute approximate surface area is 160 Å². The van der Waals surface area contributed by atoms with Crippen molar-refractivity contribution < 1.29 is 9.47 Å². The maximum atomic E-state index is 6.01. The van der Waals surface area contributed by atoms with Crippen LogP contribution < -0.4 is 14.8 Å². The van der Waals surface area contributed by atoms with Gasteiger partial charge < -0.3 is 14.8 Å². The van der Waals surface area contributed by atoms with E-state index in [-0.39, 0.29) is 0 Å². The maximum Gasteiger partial charge on any atom is 0.182 e. The molecule has 0 saturated heterocycles. The fourth-order valence-electron chi connectivity index (χ4n) is 2.34. The molecule has 6 heteroatoms. The highest BCUT2D eigenvalue weighted by Gasteiger charge is 2.13. The molecule has 1 heterocycles. The minimum absolute atomic E-state index is 0.496. The van der Waals surface area contributed by atoms with E-state index in [0.29, 0.717) is 19.8 Å². The molecule has 0 fully saturated rings. The number of aromatic nitrogens is 1. The number of halogens is 1. The molecule has 4 nitrogen and oxygen atoms in total. The van der Waals surface area contributed by atoms with E-state index in [0.717, 1.165) is 32.2 Å². The number of ether oxygens (including phenoxy) is 2. The lowest BCUT2D eigenvalue weighted by Gasteiger charge is -2.16. The average Bonchev–Trinajstić information content (AvgIpc) is 3.14. The first-order valence-corrected chi connectivity index (χ1v) is 9.69. The third-order valence-corrected chi connectivity index (χ3v) is 4.79. The highest BCUT2D eigenvalue weighted by Crippen LogP contribution is 2.37. The van der Waals surface area contributed by atoms with Gasteiger partial charge in [0, 0.05) is 18.1 Å². The first-order valence-electron chi connectivity index (χ1n) is 8.01. The largest absolute Gasteiger partial charge is 0.490 e. The van der Waals surface area contributed by atoms with Gasteiger partial charge in [-0.05, 0) is 46.1 Å². The van der Waals surface area contributed by atoms with Gasteiger partial charge in [-0.3, -0.25) is 0 Å². The molecule has 25 heavy (non-hydrogen) atoms. The molecule has 130 valence electrons. The van der Waals surface area contributed by atoms with Crippen molar-refractivity contribution in [1.82, 2.24) is 4.98 Å². The predicted molar refractivity (Wildman–Crippen MR) is 106 cm³/mol. The summed E-state index contributed by atoms with van der Waals surface area (Å²) in [5.41, 5.74) is 2.21. The van der Waals surface area contributed by atoms with Crippen LogP contribution in [0.15, 0.2) is 58.5 Å². The monoisotopic (exact) mass is 418 g/mol. The van der Waals surface area contributed by atoms with E-state index in [1.54, 1.807) is 17.5 Å². The zero-order chi connectivity index (χ0) is 17.5. The number of anilines is 1. The fraction of sp³-hybridized carbons (Fsp3) is 0.211.